The van der Waals surface area contributed by atoms with Crippen LogP contribution in [0.2, 0.25) is 0 Å². The van der Waals surface area contributed by atoms with Crippen LogP contribution in [-0.2, 0) is 19.0 Å². The van der Waals surface area contributed by atoms with Crippen molar-refractivity contribution in [2.45, 2.75) is 149 Å². The number of carbonyl (C=O) groups is 1. The molecule has 0 aromatic heterocycles. The zero-order valence-electron chi connectivity index (χ0n) is 23.4. The Bertz CT molecular complexity index is 399. The normalized spacial score (nSPS) is 12.2. The molecule has 0 bridgehead atoms. The molecule has 204 valence electrons. The van der Waals surface area contributed by atoms with E-state index in [4.69, 9.17) is 14.2 Å². The molecule has 0 aromatic rings. The van der Waals surface area contributed by atoms with Gasteiger partial charge in [-0.1, -0.05) is 117 Å². The van der Waals surface area contributed by atoms with Crippen LogP contribution in [0.4, 0.5) is 0 Å². The Kier molecular flexibility index (Phi) is 28.1. The van der Waals surface area contributed by atoms with Gasteiger partial charge in [0, 0.05) is 19.6 Å². The number of ether oxygens (including phenoxy) is 3. The molecule has 0 aromatic carbocycles. The highest BCUT2D eigenvalue weighted by molar-refractivity contribution is 5.69. The molecule has 1 unspecified atom stereocenters. The second-order valence-corrected chi connectivity index (χ2v) is 10.1. The van der Waals surface area contributed by atoms with E-state index in [1.165, 1.54) is 109 Å². The zero-order chi connectivity index (χ0) is 25.0. The molecule has 0 fully saturated rings. The van der Waals surface area contributed by atoms with Crippen molar-refractivity contribution in [3.05, 3.63) is 0 Å². The van der Waals surface area contributed by atoms with E-state index in [9.17, 15) is 4.79 Å². The lowest BCUT2D eigenvalue weighted by Gasteiger charge is -2.16. The maximum Gasteiger partial charge on any atom is 0.305 e. The predicted molar refractivity (Wildman–Crippen MR) is 145 cm³/mol. The Morgan fingerprint density at radius 1 is 0.529 bits per heavy atom. The summed E-state index contributed by atoms with van der Waals surface area (Å²) in [4.78, 5) is 12.1. The first kappa shape index (κ1) is 33.4. The van der Waals surface area contributed by atoms with Crippen molar-refractivity contribution < 1.29 is 19.0 Å². The van der Waals surface area contributed by atoms with Gasteiger partial charge < -0.3 is 14.2 Å². The van der Waals surface area contributed by atoms with Gasteiger partial charge in [-0.3, -0.25) is 4.79 Å². The number of hydrogen-bond donors (Lipinski definition) is 0. The fourth-order valence-corrected chi connectivity index (χ4v) is 4.28. The molecule has 0 saturated heterocycles. The standard InChI is InChI=1S/C30H60O4/c1-4-7-10-12-13-14-15-16-17-19-24-32-26-27-33-25-20-23-30(31)34-28-29(21-9-6-3)22-18-11-8-5-2/h29H,4-28H2,1-3H3. The quantitative estimate of drug-likeness (QED) is 0.0820. The third kappa shape index (κ3) is 26.0. The van der Waals surface area contributed by atoms with Crippen LogP contribution in [0.5, 0.6) is 0 Å². The van der Waals surface area contributed by atoms with E-state index in [2.05, 4.69) is 20.8 Å². The molecule has 4 heteroatoms. The average Bonchev–Trinajstić information content (AvgIpc) is 2.84. The summed E-state index contributed by atoms with van der Waals surface area (Å²) in [6.45, 7) is 10.0. The SMILES string of the molecule is CCCCCCCCCCCCOCCOCCCC(=O)OCC(CCCC)CCCCCC. The molecule has 1 atom stereocenters. The Morgan fingerprint density at radius 3 is 1.59 bits per heavy atom. The molecule has 0 radical (unpaired) electrons. The Balaban J connectivity index is 3.44. The minimum atomic E-state index is -0.0733. The van der Waals surface area contributed by atoms with Gasteiger partial charge in [-0.2, -0.15) is 0 Å². The lowest BCUT2D eigenvalue weighted by molar-refractivity contribution is -0.145. The van der Waals surface area contributed by atoms with E-state index in [1.807, 2.05) is 0 Å². The molecule has 0 saturated carbocycles. The number of hydrogen-bond acceptors (Lipinski definition) is 4. The molecule has 34 heavy (non-hydrogen) atoms. The number of unbranched alkanes of at least 4 members (excludes halogenated alkanes) is 13. The van der Waals surface area contributed by atoms with Crippen LogP contribution in [0.1, 0.15) is 149 Å². The van der Waals surface area contributed by atoms with Gasteiger partial charge in [-0.05, 0) is 31.6 Å². The average molecular weight is 485 g/mol. The summed E-state index contributed by atoms with van der Waals surface area (Å²) < 4.78 is 16.8. The summed E-state index contributed by atoms with van der Waals surface area (Å²) in [5.41, 5.74) is 0. The molecular formula is C30H60O4. The Labute approximate surface area is 213 Å². The molecule has 0 aliphatic rings. The summed E-state index contributed by atoms with van der Waals surface area (Å²) >= 11 is 0. The minimum Gasteiger partial charge on any atom is -0.465 e. The highest BCUT2D eigenvalue weighted by atomic mass is 16.5. The van der Waals surface area contributed by atoms with Gasteiger partial charge in [0.25, 0.3) is 0 Å². The van der Waals surface area contributed by atoms with Crippen molar-refractivity contribution in [1.82, 2.24) is 0 Å². The number of esters is 1. The van der Waals surface area contributed by atoms with Crippen molar-refractivity contribution >= 4 is 5.97 Å². The first-order valence-electron chi connectivity index (χ1n) is 15.1. The Morgan fingerprint density at radius 2 is 1.00 bits per heavy atom. The maximum absolute atomic E-state index is 12.1. The van der Waals surface area contributed by atoms with Crippen LogP contribution in [0.3, 0.4) is 0 Å². The molecular weight excluding hydrogens is 424 g/mol. The predicted octanol–water partition coefficient (Wildman–Crippen LogP) is 9.04. The lowest BCUT2D eigenvalue weighted by Crippen LogP contribution is -2.15. The van der Waals surface area contributed by atoms with Crippen LogP contribution in [0.25, 0.3) is 0 Å². The van der Waals surface area contributed by atoms with Crippen molar-refractivity contribution in [2.75, 3.05) is 33.0 Å². The second-order valence-electron chi connectivity index (χ2n) is 10.1. The van der Waals surface area contributed by atoms with Gasteiger partial charge in [-0.25, -0.2) is 0 Å². The van der Waals surface area contributed by atoms with Gasteiger partial charge in [0.15, 0.2) is 0 Å². The maximum atomic E-state index is 12.1. The molecule has 0 aliphatic heterocycles. The smallest absolute Gasteiger partial charge is 0.305 e. The molecule has 0 spiro atoms. The summed E-state index contributed by atoms with van der Waals surface area (Å²) in [5, 5.41) is 0. The molecule has 0 N–H and O–H groups in total. The van der Waals surface area contributed by atoms with E-state index in [0.717, 1.165) is 19.4 Å². The highest BCUT2D eigenvalue weighted by Crippen LogP contribution is 2.18. The van der Waals surface area contributed by atoms with E-state index in [-0.39, 0.29) is 5.97 Å². The van der Waals surface area contributed by atoms with Gasteiger partial charge in [0.1, 0.15) is 0 Å². The van der Waals surface area contributed by atoms with Crippen LogP contribution in [-0.4, -0.2) is 39.0 Å². The summed E-state index contributed by atoms with van der Waals surface area (Å²) in [6.07, 6.45) is 24.6. The van der Waals surface area contributed by atoms with Crippen LogP contribution >= 0.6 is 0 Å². The van der Waals surface area contributed by atoms with Crippen LogP contribution < -0.4 is 0 Å². The molecule has 0 amide bonds. The van der Waals surface area contributed by atoms with Crippen molar-refractivity contribution in [3.63, 3.8) is 0 Å². The van der Waals surface area contributed by atoms with E-state index in [1.54, 1.807) is 0 Å². The van der Waals surface area contributed by atoms with Gasteiger partial charge in [0.2, 0.25) is 0 Å². The number of carbonyl (C=O) groups excluding carboxylic acids is 1. The van der Waals surface area contributed by atoms with Crippen molar-refractivity contribution in [3.8, 4) is 0 Å². The second kappa shape index (κ2) is 28.6. The van der Waals surface area contributed by atoms with Gasteiger partial charge >= 0.3 is 5.97 Å². The van der Waals surface area contributed by atoms with E-state index < -0.39 is 0 Å². The summed E-state index contributed by atoms with van der Waals surface area (Å²) in [6, 6.07) is 0. The van der Waals surface area contributed by atoms with E-state index in [0.29, 0.717) is 38.8 Å². The first-order chi connectivity index (χ1) is 16.7. The third-order valence-corrected chi connectivity index (χ3v) is 6.60. The first-order valence-corrected chi connectivity index (χ1v) is 15.1. The van der Waals surface area contributed by atoms with Crippen LogP contribution in [0.15, 0.2) is 0 Å². The fraction of sp³-hybridized carbons (Fsp3) is 0.967. The summed E-state index contributed by atoms with van der Waals surface area (Å²) in [5.74, 6) is 0.459. The monoisotopic (exact) mass is 484 g/mol. The fourth-order valence-electron chi connectivity index (χ4n) is 4.28. The molecule has 0 aliphatic carbocycles. The third-order valence-electron chi connectivity index (χ3n) is 6.60. The topological polar surface area (TPSA) is 44.8 Å². The highest BCUT2D eigenvalue weighted by Gasteiger charge is 2.12. The minimum absolute atomic E-state index is 0.0733. The number of rotatable bonds is 28. The molecule has 0 rings (SSSR count). The van der Waals surface area contributed by atoms with Crippen LogP contribution in [0, 0.1) is 5.92 Å². The molecule has 4 nitrogen and oxygen atoms in total. The lowest BCUT2D eigenvalue weighted by atomic mass is 9.96. The van der Waals surface area contributed by atoms with Gasteiger partial charge in [-0.15, -0.1) is 0 Å². The van der Waals surface area contributed by atoms with Gasteiger partial charge in [0.05, 0.1) is 19.8 Å². The van der Waals surface area contributed by atoms with E-state index >= 15 is 0 Å². The molecule has 0 heterocycles. The Hall–Kier alpha value is -0.610. The van der Waals surface area contributed by atoms with Crippen molar-refractivity contribution in [1.29, 1.82) is 0 Å². The zero-order valence-corrected chi connectivity index (χ0v) is 23.4. The van der Waals surface area contributed by atoms with Crippen molar-refractivity contribution in [2.24, 2.45) is 5.92 Å². The summed E-state index contributed by atoms with van der Waals surface area (Å²) in [7, 11) is 0. The largest absolute Gasteiger partial charge is 0.465 e.